The molecule has 2 bridgehead atoms. The first-order valence-corrected chi connectivity index (χ1v) is 21.9. The van der Waals surface area contributed by atoms with Crippen molar-refractivity contribution in [2.75, 3.05) is 27.9 Å². The molecule has 0 aromatic carbocycles. The molecule has 336 valence electrons. The molecule has 16 nitrogen and oxygen atoms in total. The fraction of sp³-hybridized carbons (Fsp3) is 0.795. The minimum absolute atomic E-state index is 0.0281. The van der Waals surface area contributed by atoms with Crippen LogP contribution in [-0.2, 0) is 42.9 Å². The number of esters is 1. The highest BCUT2D eigenvalue weighted by atomic mass is 16.7. The summed E-state index contributed by atoms with van der Waals surface area (Å²) >= 11 is 0. The second kappa shape index (κ2) is 21.1. The summed E-state index contributed by atoms with van der Waals surface area (Å²) in [6, 6.07) is -1.18. The summed E-state index contributed by atoms with van der Waals surface area (Å²) in [5, 5.41) is 35.5. The van der Waals surface area contributed by atoms with Gasteiger partial charge in [0.05, 0.1) is 30.5 Å². The summed E-state index contributed by atoms with van der Waals surface area (Å²) in [6.07, 6.45) is 6.48. The Balaban J connectivity index is 1.51. The van der Waals surface area contributed by atoms with Crippen molar-refractivity contribution in [2.24, 2.45) is 29.6 Å². The van der Waals surface area contributed by atoms with Crippen molar-refractivity contribution in [1.82, 2.24) is 25.1 Å². The number of allylic oxidation sites excluding steroid dienone is 3. The lowest BCUT2D eigenvalue weighted by Crippen LogP contribution is -2.64. The molecule has 1 saturated carbocycles. The van der Waals surface area contributed by atoms with E-state index in [-0.39, 0.29) is 55.6 Å². The van der Waals surface area contributed by atoms with E-state index in [1.807, 2.05) is 26.8 Å². The van der Waals surface area contributed by atoms with Crippen LogP contribution in [0.2, 0.25) is 0 Å². The summed E-state index contributed by atoms with van der Waals surface area (Å²) in [6.45, 7) is 11.3. The quantitative estimate of drug-likeness (QED) is 0.223. The van der Waals surface area contributed by atoms with E-state index in [1.165, 1.54) is 19.1 Å². The van der Waals surface area contributed by atoms with Crippen LogP contribution in [0, 0.1) is 29.6 Å². The highest BCUT2D eigenvalue weighted by Gasteiger charge is 2.56. The Labute approximate surface area is 354 Å². The van der Waals surface area contributed by atoms with Crippen molar-refractivity contribution in [2.45, 2.75) is 167 Å². The number of aromatic nitrogens is 4. The van der Waals surface area contributed by atoms with E-state index >= 15 is 0 Å². The van der Waals surface area contributed by atoms with Crippen molar-refractivity contribution < 1.29 is 53.1 Å². The van der Waals surface area contributed by atoms with E-state index in [0.717, 1.165) is 18.4 Å². The van der Waals surface area contributed by atoms with Crippen LogP contribution in [0.25, 0.3) is 0 Å². The Morgan fingerprint density at radius 1 is 0.967 bits per heavy atom. The standard InChI is InChI=1S/C44H69N5O11/c1-10-31-18-25(2)17-26(3)19-37(57-8)40-38(58-9)21-28(5)44(55,60-40)41(52)42(53)48-16-12-11-13-33(48)43(54)59-39(29(6)34(50)23-35(31)51)27(4)20-30-14-15-32(36(22-30)56-7)49-24-45-46-47-49/h18,20,24,26,28-34,36-40,50,55H,10-17,19,21-23H2,1-9H3. The van der Waals surface area contributed by atoms with Crippen LogP contribution >= 0.6 is 0 Å². The van der Waals surface area contributed by atoms with Crippen LogP contribution in [0.1, 0.15) is 118 Å². The van der Waals surface area contributed by atoms with Crippen molar-refractivity contribution in [3.8, 4) is 0 Å². The number of amides is 1. The molecule has 1 aliphatic carbocycles. The van der Waals surface area contributed by atoms with Gasteiger partial charge in [0.1, 0.15) is 30.4 Å². The highest BCUT2D eigenvalue weighted by molar-refractivity contribution is 6.39. The number of fused-ring (bicyclic) bond motifs is 3. The Morgan fingerprint density at radius 3 is 2.32 bits per heavy atom. The number of tetrazole rings is 1. The van der Waals surface area contributed by atoms with Gasteiger partial charge in [-0.25, -0.2) is 9.48 Å². The first kappa shape index (κ1) is 47.6. The molecule has 3 aliphatic heterocycles. The molecule has 1 aromatic rings. The molecule has 0 spiro atoms. The Kier molecular flexibility index (Phi) is 16.8. The smallest absolute Gasteiger partial charge is 0.329 e. The number of Topliss-reactive ketones (excluding diaryl/α,β-unsaturated/α-hetero) is 2. The summed E-state index contributed by atoms with van der Waals surface area (Å²) in [5.74, 6) is -7.46. The predicted molar refractivity (Wildman–Crippen MR) is 219 cm³/mol. The van der Waals surface area contributed by atoms with Gasteiger partial charge < -0.3 is 38.8 Å². The van der Waals surface area contributed by atoms with E-state index in [0.29, 0.717) is 44.1 Å². The Hall–Kier alpha value is -3.41. The normalized spacial score (nSPS) is 38.7. The van der Waals surface area contributed by atoms with Gasteiger partial charge in [0, 0.05) is 52.0 Å². The van der Waals surface area contributed by atoms with E-state index in [9.17, 15) is 29.4 Å². The number of aliphatic hydroxyl groups is 2. The van der Waals surface area contributed by atoms with Gasteiger partial charge in [-0.15, -0.1) is 5.10 Å². The average molecular weight is 844 g/mol. The minimum Gasteiger partial charge on any atom is -0.456 e. The number of nitrogens with zero attached hydrogens (tertiary/aromatic N) is 5. The number of methoxy groups -OCH3 is 3. The molecule has 14 atom stereocenters. The van der Waals surface area contributed by atoms with Crippen LogP contribution in [0.4, 0.5) is 0 Å². The molecule has 4 aliphatic rings. The number of hydrogen-bond donors (Lipinski definition) is 2. The fourth-order valence-corrected chi connectivity index (χ4v) is 10.0. The molecule has 16 heteroatoms. The second-order valence-electron chi connectivity index (χ2n) is 17.9. The molecule has 5 rings (SSSR count). The molecular formula is C44H69N5O11. The van der Waals surface area contributed by atoms with Gasteiger partial charge in [-0.2, -0.15) is 0 Å². The number of carbonyl (C=O) groups excluding carboxylic acids is 4. The number of rotatable bonds is 7. The SMILES string of the molecule is CCC1C=C(C)CC(C)CC(OC)C2OC(O)(C(=O)C(=O)N3CCCCC3C(=O)OC(C(C)=CC3CCC(n4cnnn4)C(OC)C3)C(C)C(O)CC1=O)C(C)CC2OC. The maximum atomic E-state index is 14.4. The number of ether oxygens (including phenoxy) is 5. The minimum atomic E-state index is -2.50. The van der Waals surface area contributed by atoms with Crippen LogP contribution in [0.15, 0.2) is 29.6 Å². The van der Waals surface area contributed by atoms with E-state index < -0.39 is 77.8 Å². The van der Waals surface area contributed by atoms with E-state index in [2.05, 4.69) is 28.5 Å². The van der Waals surface area contributed by atoms with Gasteiger partial charge in [-0.05, 0) is 106 Å². The van der Waals surface area contributed by atoms with Crippen molar-refractivity contribution in [3.63, 3.8) is 0 Å². The van der Waals surface area contributed by atoms with Crippen molar-refractivity contribution in [1.29, 1.82) is 0 Å². The molecule has 14 unspecified atom stereocenters. The summed E-state index contributed by atoms with van der Waals surface area (Å²) in [7, 11) is 4.73. The molecule has 1 aromatic heterocycles. The fourth-order valence-electron chi connectivity index (χ4n) is 10.0. The monoisotopic (exact) mass is 843 g/mol. The zero-order valence-corrected chi connectivity index (χ0v) is 37.0. The van der Waals surface area contributed by atoms with Gasteiger partial charge >= 0.3 is 5.97 Å². The van der Waals surface area contributed by atoms with Crippen LogP contribution < -0.4 is 0 Å². The molecule has 60 heavy (non-hydrogen) atoms. The van der Waals surface area contributed by atoms with Crippen LogP contribution in [0.3, 0.4) is 0 Å². The Morgan fingerprint density at radius 2 is 1.67 bits per heavy atom. The highest BCUT2D eigenvalue weighted by Crippen LogP contribution is 2.40. The zero-order valence-electron chi connectivity index (χ0n) is 37.0. The third-order valence-electron chi connectivity index (χ3n) is 13.6. The summed E-state index contributed by atoms with van der Waals surface area (Å²) < 4.78 is 31.9. The maximum absolute atomic E-state index is 14.4. The molecule has 4 heterocycles. The molecule has 0 radical (unpaired) electrons. The van der Waals surface area contributed by atoms with Crippen LogP contribution in [0.5, 0.6) is 0 Å². The number of carbonyl (C=O) groups is 4. The second-order valence-corrected chi connectivity index (χ2v) is 17.9. The number of ketones is 2. The predicted octanol–water partition coefficient (Wildman–Crippen LogP) is 4.34. The average Bonchev–Trinajstić information content (AvgIpc) is 3.78. The van der Waals surface area contributed by atoms with Crippen molar-refractivity contribution >= 4 is 23.4 Å². The van der Waals surface area contributed by atoms with Gasteiger partial charge in [0.2, 0.25) is 5.79 Å². The molecule has 3 fully saturated rings. The molecule has 2 saturated heterocycles. The van der Waals surface area contributed by atoms with Crippen molar-refractivity contribution in [3.05, 3.63) is 29.6 Å². The molecular weight excluding hydrogens is 775 g/mol. The van der Waals surface area contributed by atoms with Gasteiger partial charge in [0.25, 0.3) is 11.7 Å². The first-order chi connectivity index (χ1) is 28.6. The van der Waals surface area contributed by atoms with Crippen LogP contribution in [-0.4, -0.2) is 135 Å². The van der Waals surface area contributed by atoms with Gasteiger partial charge in [-0.3, -0.25) is 14.4 Å². The third kappa shape index (κ3) is 10.8. The van der Waals surface area contributed by atoms with E-state index in [1.54, 1.807) is 32.0 Å². The lowest BCUT2D eigenvalue weighted by atomic mass is 9.81. The summed E-state index contributed by atoms with van der Waals surface area (Å²) in [4.78, 5) is 58.1. The number of aliphatic hydroxyl groups excluding tert-OH is 1. The summed E-state index contributed by atoms with van der Waals surface area (Å²) in [5.41, 5.74) is 1.68. The lowest BCUT2D eigenvalue weighted by molar-refractivity contribution is -0.302. The van der Waals surface area contributed by atoms with Gasteiger partial charge in [-0.1, -0.05) is 45.4 Å². The largest absolute Gasteiger partial charge is 0.456 e. The zero-order chi connectivity index (χ0) is 43.9. The van der Waals surface area contributed by atoms with E-state index in [4.69, 9.17) is 23.7 Å². The Bertz CT molecular complexity index is 1690. The lowest BCUT2D eigenvalue weighted by Gasteiger charge is -2.47. The number of hydrogen-bond acceptors (Lipinski definition) is 14. The maximum Gasteiger partial charge on any atom is 0.329 e. The first-order valence-electron chi connectivity index (χ1n) is 21.9. The number of piperidine rings is 1. The third-order valence-corrected chi connectivity index (χ3v) is 13.6. The molecule has 2 N–H and O–H groups in total. The van der Waals surface area contributed by atoms with Gasteiger partial charge in [0.15, 0.2) is 0 Å². The number of cyclic esters (lactones) is 1. The topological polar surface area (TPSA) is 202 Å². The molecule has 1 amide bonds.